The Morgan fingerprint density at radius 1 is 1.45 bits per heavy atom. The zero-order chi connectivity index (χ0) is 14.1. The van der Waals surface area contributed by atoms with Crippen molar-refractivity contribution in [2.75, 3.05) is 11.9 Å². The molecule has 6 heteroatoms. The van der Waals surface area contributed by atoms with Crippen LogP contribution in [0.1, 0.15) is 28.3 Å². The van der Waals surface area contributed by atoms with Crippen LogP contribution in [0.15, 0.2) is 15.9 Å². The molecule has 2 aromatic rings. The number of thiophene rings is 1. The SMILES string of the molecule is CN(C(=O)Cc1sccc1Br)c1nc2c(s1)CCCC2. The summed E-state index contributed by atoms with van der Waals surface area (Å²) in [5.74, 6) is 0.0965. The summed E-state index contributed by atoms with van der Waals surface area (Å²) in [6.45, 7) is 0. The highest BCUT2D eigenvalue weighted by atomic mass is 79.9. The summed E-state index contributed by atoms with van der Waals surface area (Å²) in [6, 6.07) is 1.98. The normalized spacial score (nSPS) is 14.1. The van der Waals surface area contributed by atoms with Gasteiger partial charge in [-0.2, -0.15) is 0 Å². The van der Waals surface area contributed by atoms with Crippen LogP contribution in [0.3, 0.4) is 0 Å². The fraction of sp³-hybridized carbons (Fsp3) is 0.429. The molecule has 20 heavy (non-hydrogen) atoms. The average Bonchev–Trinajstić information content (AvgIpc) is 3.04. The van der Waals surface area contributed by atoms with Crippen molar-refractivity contribution in [3.05, 3.63) is 31.4 Å². The first-order chi connectivity index (χ1) is 9.65. The topological polar surface area (TPSA) is 33.2 Å². The summed E-state index contributed by atoms with van der Waals surface area (Å²) in [6.07, 6.45) is 5.07. The van der Waals surface area contributed by atoms with Crippen molar-refractivity contribution in [1.29, 1.82) is 0 Å². The number of carbonyl (C=O) groups excluding carboxylic acids is 1. The molecule has 1 aliphatic carbocycles. The number of aryl methyl sites for hydroxylation is 2. The Balaban J connectivity index is 1.75. The van der Waals surface area contributed by atoms with E-state index in [1.54, 1.807) is 27.6 Å². The van der Waals surface area contributed by atoms with E-state index in [0.29, 0.717) is 6.42 Å². The lowest BCUT2D eigenvalue weighted by molar-refractivity contribution is -0.117. The minimum absolute atomic E-state index is 0.0965. The smallest absolute Gasteiger partial charge is 0.233 e. The van der Waals surface area contributed by atoms with Crippen molar-refractivity contribution in [2.24, 2.45) is 0 Å². The number of likely N-dealkylation sites (N-methyl/N-ethyl adjacent to an activating group) is 1. The van der Waals surface area contributed by atoms with Crippen LogP contribution in [0.25, 0.3) is 0 Å². The first kappa shape index (κ1) is 14.2. The summed E-state index contributed by atoms with van der Waals surface area (Å²) >= 11 is 6.75. The Morgan fingerprint density at radius 3 is 2.95 bits per heavy atom. The van der Waals surface area contributed by atoms with Crippen LogP contribution in [0.5, 0.6) is 0 Å². The van der Waals surface area contributed by atoms with Gasteiger partial charge in [-0.25, -0.2) is 4.98 Å². The van der Waals surface area contributed by atoms with Gasteiger partial charge in [0.15, 0.2) is 5.13 Å². The van der Waals surface area contributed by atoms with E-state index in [0.717, 1.165) is 27.3 Å². The maximum absolute atomic E-state index is 12.4. The maximum atomic E-state index is 12.4. The number of carbonyl (C=O) groups is 1. The number of fused-ring (bicyclic) bond motifs is 1. The molecule has 0 fully saturated rings. The number of rotatable bonds is 3. The quantitative estimate of drug-likeness (QED) is 0.816. The van der Waals surface area contributed by atoms with E-state index in [4.69, 9.17) is 0 Å². The van der Waals surface area contributed by atoms with Crippen LogP contribution in [0, 0.1) is 0 Å². The summed E-state index contributed by atoms with van der Waals surface area (Å²) in [5, 5.41) is 2.84. The van der Waals surface area contributed by atoms with E-state index >= 15 is 0 Å². The highest BCUT2D eigenvalue weighted by Crippen LogP contribution is 2.32. The van der Waals surface area contributed by atoms with Crippen molar-refractivity contribution < 1.29 is 4.79 Å². The molecule has 0 aliphatic heterocycles. The molecule has 0 spiro atoms. The molecule has 0 radical (unpaired) electrons. The highest BCUT2D eigenvalue weighted by Gasteiger charge is 2.21. The Hall–Kier alpha value is -0.720. The molecule has 1 amide bonds. The lowest BCUT2D eigenvalue weighted by Crippen LogP contribution is -2.27. The third-order valence-corrected chi connectivity index (χ3v) is 6.66. The maximum Gasteiger partial charge on any atom is 0.233 e. The summed E-state index contributed by atoms with van der Waals surface area (Å²) in [7, 11) is 1.83. The van der Waals surface area contributed by atoms with Crippen LogP contribution in [0.2, 0.25) is 0 Å². The monoisotopic (exact) mass is 370 g/mol. The molecule has 106 valence electrons. The summed E-state index contributed by atoms with van der Waals surface area (Å²) < 4.78 is 1.02. The molecule has 0 unspecified atom stereocenters. The molecule has 0 aromatic carbocycles. The lowest BCUT2D eigenvalue weighted by atomic mass is 10.0. The van der Waals surface area contributed by atoms with E-state index in [-0.39, 0.29) is 5.91 Å². The van der Waals surface area contributed by atoms with Gasteiger partial charge >= 0.3 is 0 Å². The first-order valence-corrected chi connectivity index (χ1v) is 9.11. The number of nitrogens with zero attached hydrogens (tertiary/aromatic N) is 2. The van der Waals surface area contributed by atoms with Crippen molar-refractivity contribution in [1.82, 2.24) is 4.98 Å². The molecule has 0 saturated carbocycles. The van der Waals surface area contributed by atoms with Gasteiger partial charge in [-0.15, -0.1) is 22.7 Å². The Bertz CT molecular complexity index is 611. The molecule has 0 atom stereocenters. The third kappa shape index (κ3) is 2.82. The Morgan fingerprint density at radius 2 is 2.25 bits per heavy atom. The number of hydrogen-bond acceptors (Lipinski definition) is 4. The molecule has 2 heterocycles. The van der Waals surface area contributed by atoms with E-state index < -0.39 is 0 Å². The minimum atomic E-state index is 0.0965. The fourth-order valence-corrected chi connectivity index (χ4v) is 4.91. The number of halogens is 1. The van der Waals surface area contributed by atoms with Gasteiger partial charge in [0.1, 0.15) is 0 Å². The summed E-state index contributed by atoms with van der Waals surface area (Å²) in [4.78, 5) is 21.1. The third-order valence-electron chi connectivity index (χ3n) is 3.50. The number of thiazole rings is 1. The van der Waals surface area contributed by atoms with Crippen LogP contribution in [-0.4, -0.2) is 17.9 Å². The molecule has 1 aliphatic rings. The van der Waals surface area contributed by atoms with Crippen molar-refractivity contribution >= 4 is 49.6 Å². The second-order valence-electron chi connectivity index (χ2n) is 4.89. The molecular weight excluding hydrogens is 356 g/mol. The predicted molar refractivity (Wildman–Crippen MR) is 87.9 cm³/mol. The van der Waals surface area contributed by atoms with E-state index in [1.807, 2.05) is 18.5 Å². The second-order valence-corrected chi connectivity index (χ2v) is 7.81. The molecular formula is C14H15BrN2OS2. The number of hydrogen-bond donors (Lipinski definition) is 0. The molecule has 2 aromatic heterocycles. The Labute approximate surface area is 134 Å². The van der Waals surface area contributed by atoms with Crippen molar-refractivity contribution in [3.8, 4) is 0 Å². The van der Waals surface area contributed by atoms with E-state index in [1.165, 1.54) is 23.4 Å². The lowest BCUT2D eigenvalue weighted by Gasteiger charge is -2.13. The average molecular weight is 371 g/mol. The number of aromatic nitrogens is 1. The zero-order valence-electron chi connectivity index (χ0n) is 11.2. The highest BCUT2D eigenvalue weighted by molar-refractivity contribution is 9.10. The molecule has 0 N–H and O–H groups in total. The van der Waals surface area contributed by atoms with Gasteiger partial charge in [0.2, 0.25) is 5.91 Å². The zero-order valence-corrected chi connectivity index (χ0v) is 14.4. The fourth-order valence-electron chi connectivity index (χ4n) is 2.30. The van der Waals surface area contributed by atoms with Gasteiger partial charge in [-0.3, -0.25) is 9.69 Å². The molecule has 3 rings (SSSR count). The van der Waals surface area contributed by atoms with Gasteiger partial charge in [0, 0.05) is 21.3 Å². The largest absolute Gasteiger partial charge is 0.291 e. The molecule has 0 saturated heterocycles. The van der Waals surface area contributed by atoms with Crippen LogP contribution in [0.4, 0.5) is 5.13 Å². The van der Waals surface area contributed by atoms with E-state index in [2.05, 4.69) is 20.9 Å². The van der Waals surface area contributed by atoms with Gasteiger partial charge < -0.3 is 0 Å². The Kier molecular flexibility index (Phi) is 4.23. The molecule has 3 nitrogen and oxygen atoms in total. The van der Waals surface area contributed by atoms with Gasteiger partial charge in [0.25, 0.3) is 0 Å². The minimum Gasteiger partial charge on any atom is -0.291 e. The van der Waals surface area contributed by atoms with Gasteiger partial charge in [-0.1, -0.05) is 0 Å². The van der Waals surface area contributed by atoms with Crippen LogP contribution in [-0.2, 0) is 24.1 Å². The van der Waals surface area contributed by atoms with Crippen LogP contribution < -0.4 is 4.90 Å². The summed E-state index contributed by atoms with van der Waals surface area (Å²) in [5.41, 5.74) is 1.20. The van der Waals surface area contributed by atoms with Gasteiger partial charge in [-0.05, 0) is 53.1 Å². The second kappa shape index (κ2) is 5.95. The standard InChI is InChI=1S/C14H15BrN2OS2/c1-17(13(18)8-12-9(15)6-7-19-12)14-16-10-4-2-3-5-11(10)20-14/h6-7H,2-5,8H2,1H3. The van der Waals surface area contributed by atoms with Crippen molar-refractivity contribution in [3.63, 3.8) is 0 Å². The molecule has 0 bridgehead atoms. The predicted octanol–water partition coefficient (Wildman–Crippen LogP) is 4.05. The first-order valence-electron chi connectivity index (χ1n) is 6.62. The van der Waals surface area contributed by atoms with Crippen LogP contribution >= 0.6 is 38.6 Å². The van der Waals surface area contributed by atoms with Gasteiger partial charge in [0.05, 0.1) is 12.1 Å². The van der Waals surface area contributed by atoms with Crippen molar-refractivity contribution in [2.45, 2.75) is 32.1 Å². The number of anilines is 1. The van der Waals surface area contributed by atoms with E-state index in [9.17, 15) is 4.79 Å². The number of amides is 1.